The third-order valence-electron chi connectivity index (χ3n) is 4.57. The fourth-order valence-electron chi connectivity index (χ4n) is 3.19. The van der Waals surface area contributed by atoms with Crippen LogP contribution in [0.15, 0.2) is 65.6 Å². The molecule has 0 aliphatic heterocycles. The maximum Gasteiger partial charge on any atom is 0.263 e. The third-order valence-corrected chi connectivity index (χ3v) is 4.57. The number of phenols is 1. The van der Waals surface area contributed by atoms with Gasteiger partial charge in [0.2, 0.25) is 5.95 Å². The van der Waals surface area contributed by atoms with Crippen LogP contribution >= 0.6 is 0 Å². The Morgan fingerprint density at radius 2 is 1.86 bits per heavy atom. The number of phenolic OH excluding ortho intramolecular Hbond substituents is 1. The number of rotatable bonds is 6. The first-order valence-electron chi connectivity index (χ1n) is 9.22. The van der Waals surface area contributed by atoms with E-state index < -0.39 is 0 Å². The molecule has 2 N–H and O–H groups in total. The Bertz CT molecular complexity index is 1150. The highest BCUT2D eigenvalue weighted by molar-refractivity contribution is 5.76. The molecule has 0 unspecified atom stereocenters. The number of hydrogen-bond acceptors (Lipinski definition) is 5. The average molecular weight is 375 g/mol. The molecule has 0 spiro atoms. The molecule has 0 bridgehead atoms. The summed E-state index contributed by atoms with van der Waals surface area (Å²) in [6, 6.07) is 16.8. The Hall–Kier alpha value is -3.61. The van der Waals surface area contributed by atoms with Gasteiger partial charge in [-0.15, -0.1) is 0 Å². The molecule has 0 saturated carbocycles. The van der Waals surface area contributed by atoms with Crippen molar-refractivity contribution in [3.63, 3.8) is 0 Å². The standard InChI is InChI=1S/C21H21N5O2/c1-2-12-25(14-15-8-6-7-11-18(15)27)21-23-19-17(20(28)24-21)13-22-26(19)16-9-4-3-5-10-16/h3-11,13,27H,2,12,14H2,1H3,(H,23,24,28). The Kier molecular flexibility index (Phi) is 4.80. The second-order valence-electron chi connectivity index (χ2n) is 6.57. The first-order chi connectivity index (χ1) is 13.7. The van der Waals surface area contributed by atoms with E-state index in [1.165, 1.54) is 6.20 Å². The molecule has 28 heavy (non-hydrogen) atoms. The van der Waals surface area contributed by atoms with Gasteiger partial charge < -0.3 is 10.0 Å². The molecule has 4 aromatic rings. The quantitative estimate of drug-likeness (QED) is 0.540. The highest BCUT2D eigenvalue weighted by Crippen LogP contribution is 2.21. The molecule has 142 valence electrons. The molecule has 2 aromatic carbocycles. The number of aromatic nitrogens is 4. The van der Waals surface area contributed by atoms with Gasteiger partial charge in [-0.1, -0.05) is 43.3 Å². The van der Waals surface area contributed by atoms with Crippen molar-refractivity contribution in [3.8, 4) is 11.4 Å². The fourth-order valence-corrected chi connectivity index (χ4v) is 3.19. The van der Waals surface area contributed by atoms with Gasteiger partial charge >= 0.3 is 0 Å². The lowest BCUT2D eigenvalue weighted by Gasteiger charge is -2.23. The summed E-state index contributed by atoms with van der Waals surface area (Å²) in [5.41, 5.74) is 1.88. The van der Waals surface area contributed by atoms with Gasteiger partial charge in [-0.25, -0.2) is 4.68 Å². The maximum absolute atomic E-state index is 12.6. The molecule has 0 atom stereocenters. The summed E-state index contributed by atoms with van der Waals surface area (Å²) >= 11 is 0. The van der Waals surface area contributed by atoms with Crippen molar-refractivity contribution in [3.05, 3.63) is 76.7 Å². The monoisotopic (exact) mass is 375 g/mol. The largest absolute Gasteiger partial charge is 0.508 e. The Morgan fingerprint density at radius 3 is 2.61 bits per heavy atom. The number of aromatic hydroxyl groups is 1. The van der Waals surface area contributed by atoms with Crippen LogP contribution < -0.4 is 10.5 Å². The number of H-pyrrole nitrogens is 1. The van der Waals surface area contributed by atoms with Gasteiger partial charge in [0.15, 0.2) is 5.65 Å². The lowest BCUT2D eigenvalue weighted by molar-refractivity contribution is 0.467. The SMILES string of the molecule is CCCN(Cc1ccccc1O)c1nc2c(cnn2-c2ccccc2)c(=O)[nH]1. The molecule has 0 radical (unpaired) electrons. The normalized spacial score (nSPS) is 11.0. The second kappa shape index (κ2) is 7.56. The molecule has 4 rings (SSSR count). The van der Waals surface area contributed by atoms with Crippen LogP contribution in [0.2, 0.25) is 0 Å². The van der Waals surface area contributed by atoms with E-state index in [0.29, 0.717) is 30.1 Å². The Balaban J connectivity index is 1.80. The lowest BCUT2D eigenvalue weighted by atomic mass is 10.2. The molecular formula is C21H21N5O2. The van der Waals surface area contributed by atoms with Crippen molar-refractivity contribution in [2.24, 2.45) is 0 Å². The van der Waals surface area contributed by atoms with Crippen molar-refractivity contribution >= 4 is 17.0 Å². The van der Waals surface area contributed by atoms with E-state index in [1.807, 2.05) is 47.4 Å². The maximum atomic E-state index is 12.6. The zero-order valence-electron chi connectivity index (χ0n) is 15.5. The van der Waals surface area contributed by atoms with Gasteiger partial charge in [0.05, 0.1) is 11.9 Å². The number of aromatic amines is 1. The lowest BCUT2D eigenvalue weighted by Crippen LogP contribution is -2.28. The van der Waals surface area contributed by atoms with E-state index in [0.717, 1.165) is 17.7 Å². The zero-order chi connectivity index (χ0) is 19.5. The van der Waals surface area contributed by atoms with Crippen molar-refractivity contribution < 1.29 is 5.11 Å². The van der Waals surface area contributed by atoms with E-state index in [9.17, 15) is 9.90 Å². The zero-order valence-corrected chi connectivity index (χ0v) is 15.5. The van der Waals surface area contributed by atoms with Crippen molar-refractivity contribution in [2.45, 2.75) is 19.9 Å². The van der Waals surface area contributed by atoms with Crippen molar-refractivity contribution in [2.75, 3.05) is 11.4 Å². The van der Waals surface area contributed by atoms with Gasteiger partial charge in [0.25, 0.3) is 5.56 Å². The van der Waals surface area contributed by atoms with Crippen LogP contribution in [0.1, 0.15) is 18.9 Å². The summed E-state index contributed by atoms with van der Waals surface area (Å²) < 4.78 is 1.66. The first-order valence-corrected chi connectivity index (χ1v) is 9.22. The number of fused-ring (bicyclic) bond motifs is 1. The molecule has 0 aliphatic rings. The van der Waals surface area contributed by atoms with Gasteiger partial charge in [0, 0.05) is 18.7 Å². The van der Waals surface area contributed by atoms with Crippen LogP contribution in [0.4, 0.5) is 5.95 Å². The second-order valence-corrected chi connectivity index (χ2v) is 6.57. The number of para-hydroxylation sites is 2. The number of nitrogens with one attached hydrogen (secondary N) is 1. The number of anilines is 1. The summed E-state index contributed by atoms with van der Waals surface area (Å²) in [6.45, 7) is 3.18. The highest BCUT2D eigenvalue weighted by atomic mass is 16.3. The molecule has 2 heterocycles. The minimum Gasteiger partial charge on any atom is -0.508 e. The summed E-state index contributed by atoms with van der Waals surface area (Å²) in [7, 11) is 0. The minimum absolute atomic E-state index is 0.223. The topological polar surface area (TPSA) is 87.0 Å². The van der Waals surface area contributed by atoms with Gasteiger partial charge in [0.1, 0.15) is 11.1 Å². The summed E-state index contributed by atoms with van der Waals surface area (Å²) in [6.07, 6.45) is 2.40. The summed E-state index contributed by atoms with van der Waals surface area (Å²) in [5, 5.41) is 14.9. The minimum atomic E-state index is -0.236. The van der Waals surface area contributed by atoms with Gasteiger partial charge in [-0.05, 0) is 24.6 Å². The van der Waals surface area contributed by atoms with Crippen LogP contribution in [-0.2, 0) is 6.54 Å². The molecule has 0 fully saturated rings. The fraction of sp³-hybridized carbons (Fsp3) is 0.190. The van der Waals surface area contributed by atoms with Crippen LogP contribution in [-0.4, -0.2) is 31.4 Å². The van der Waals surface area contributed by atoms with Crippen LogP contribution in [0.5, 0.6) is 5.75 Å². The van der Waals surface area contributed by atoms with Crippen LogP contribution in [0.3, 0.4) is 0 Å². The highest BCUT2D eigenvalue weighted by Gasteiger charge is 2.16. The third kappa shape index (κ3) is 3.34. The predicted octanol–water partition coefficient (Wildman–Crippen LogP) is 3.23. The van der Waals surface area contributed by atoms with E-state index in [-0.39, 0.29) is 11.3 Å². The molecule has 0 amide bonds. The summed E-state index contributed by atoms with van der Waals surface area (Å²) in [4.78, 5) is 22.2. The number of hydrogen-bond donors (Lipinski definition) is 2. The van der Waals surface area contributed by atoms with E-state index in [4.69, 9.17) is 4.98 Å². The molecule has 7 heteroatoms. The van der Waals surface area contributed by atoms with E-state index in [2.05, 4.69) is 17.0 Å². The van der Waals surface area contributed by atoms with Gasteiger partial charge in [-0.2, -0.15) is 10.1 Å². The first kappa shape index (κ1) is 17.8. The average Bonchev–Trinajstić information content (AvgIpc) is 3.14. The Labute approximate surface area is 161 Å². The number of benzene rings is 2. The summed E-state index contributed by atoms with van der Waals surface area (Å²) in [5.74, 6) is 0.682. The number of nitrogens with zero attached hydrogens (tertiary/aromatic N) is 4. The molecule has 0 aliphatic carbocycles. The van der Waals surface area contributed by atoms with E-state index in [1.54, 1.807) is 16.8 Å². The van der Waals surface area contributed by atoms with Crippen LogP contribution in [0, 0.1) is 0 Å². The van der Waals surface area contributed by atoms with Crippen molar-refractivity contribution in [1.29, 1.82) is 0 Å². The molecular weight excluding hydrogens is 354 g/mol. The smallest absolute Gasteiger partial charge is 0.263 e. The van der Waals surface area contributed by atoms with Crippen molar-refractivity contribution in [1.82, 2.24) is 19.7 Å². The molecule has 0 saturated heterocycles. The van der Waals surface area contributed by atoms with E-state index >= 15 is 0 Å². The predicted molar refractivity (Wildman–Crippen MR) is 109 cm³/mol. The molecule has 2 aromatic heterocycles. The van der Waals surface area contributed by atoms with Crippen LogP contribution in [0.25, 0.3) is 16.7 Å². The molecule has 7 nitrogen and oxygen atoms in total. The Morgan fingerprint density at radius 1 is 1.11 bits per heavy atom. The van der Waals surface area contributed by atoms with Gasteiger partial charge in [-0.3, -0.25) is 9.78 Å².